The summed E-state index contributed by atoms with van der Waals surface area (Å²) in [6.45, 7) is 2.08. The second kappa shape index (κ2) is 7.17. The fraction of sp³-hybridized carbons (Fsp3) is 0.273. The van der Waals surface area contributed by atoms with E-state index in [2.05, 4.69) is 22.4 Å². The van der Waals surface area contributed by atoms with E-state index in [9.17, 15) is 4.79 Å². The van der Waals surface area contributed by atoms with Gasteiger partial charge in [0, 0.05) is 4.90 Å². The quantitative estimate of drug-likeness (QED) is 0.350. The molecular weight excluding hydrogens is 242 g/mol. The molecule has 0 saturated heterocycles. The first-order chi connectivity index (χ1) is 7.77. The summed E-state index contributed by atoms with van der Waals surface area (Å²) < 4.78 is 4.89. The largest absolute Gasteiger partial charge is 0.464 e. The van der Waals surface area contributed by atoms with E-state index in [-0.39, 0.29) is 0 Å². The van der Waals surface area contributed by atoms with Crippen LogP contribution in [0.2, 0.25) is 0 Å². The number of benzene rings is 1. The number of thiocarbonyl (C=S) groups is 1. The molecule has 3 nitrogen and oxygen atoms in total. The van der Waals surface area contributed by atoms with Crippen LogP contribution in [0.5, 0.6) is 0 Å². The summed E-state index contributed by atoms with van der Waals surface area (Å²) in [7, 11) is 0. The molecule has 0 aromatic heterocycles. The molecular formula is C11H11NO2S2. The van der Waals surface area contributed by atoms with Crippen molar-refractivity contribution in [1.82, 2.24) is 0 Å². The second-order valence-electron chi connectivity index (χ2n) is 2.76. The molecule has 0 N–H and O–H groups in total. The summed E-state index contributed by atoms with van der Waals surface area (Å²) in [5, 5.41) is 1.55. The summed E-state index contributed by atoms with van der Waals surface area (Å²) in [6.07, 6.45) is 0. The van der Waals surface area contributed by atoms with Gasteiger partial charge in [-0.2, -0.15) is 0 Å². The number of hydrogen-bond donors (Lipinski definition) is 0. The Hall–Kier alpha value is -1.16. The number of isothiocyanates is 1. The maximum absolute atomic E-state index is 11.5. The summed E-state index contributed by atoms with van der Waals surface area (Å²) in [5.41, 5.74) is 0. The van der Waals surface area contributed by atoms with Gasteiger partial charge in [0.1, 0.15) is 0 Å². The first kappa shape index (κ1) is 12.9. The van der Waals surface area contributed by atoms with Crippen molar-refractivity contribution in [2.24, 2.45) is 4.99 Å². The van der Waals surface area contributed by atoms with Crippen molar-refractivity contribution in [2.75, 3.05) is 6.61 Å². The van der Waals surface area contributed by atoms with Crippen molar-refractivity contribution < 1.29 is 9.53 Å². The van der Waals surface area contributed by atoms with Crippen LogP contribution in [-0.4, -0.2) is 23.1 Å². The summed E-state index contributed by atoms with van der Waals surface area (Å²) in [6, 6.07) is 9.49. The van der Waals surface area contributed by atoms with Crippen LogP contribution in [0.4, 0.5) is 0 Å². The van der Waals surface area contributed by atoms with E-state index in [1.54, 1.807) is 6.92 Å². The smallest absolute Gasteiger partial charge is 0.342 e. The monoisotopic (exact) mass is 253 g/mol. The molecule has 0 fully saturated rings. The average molecular weight is 253 g/mol. The minimum atomic E-state index is -0.667. The minimum Gasteiger partial charge on any atom is -0.464 e. The third-order valence-electron chi connectivity index (χ3n) is 1.65. The van der Waals surface area contributed by atoms with Crippen LogP contribution in [0.15, 0.2) is 40.2 Å². The Morgan fingerprint density at radius 3 is 2.81 bits per heavy atom. The number of aliphatic imine (C=N–C) groups is 1. The number of hydrogen-bond acceptors (Lipinski definition) is 5. The van der Waals surface area contributed by atoms with Crippen LogP contribution in [0.25, 0.3) is 0 Å². The molecule has 16 heavy (non-hydrogen) atoms. The molecule has 0 heterocycles. The molecule has 1 aromatic rings. The van der Waals surface area contributed by atoms with E-state index in [0.29, 0.717) is 6.61 Å². The molecule has 1 atom stereocenters. The molecule has 0 spiro atoms. The zero-order chi connectivity index (χ0) is 11.8. The summed E-state index contributed by atoms with van der Waals surface area (Å²) >= 11 is 5.80. The van der Waals surface area contributed by atoms with Crippen molar-refractivity contribution in [3.8, 4) is 0 Å². The lowest BCUT2D eigenvalue weighted by Crippen LogP contribution is -2.17. The van der Waals surface area contributed by atoms with Crippen LogP contribution in [-0.2, 0) is 9.53 Å². The third kappa shape index (κ3) is 4.14. The van der Waals surface area contributed by atoms with Crippen LogP contribution in [0.3, 0.4) is 0 Å². The molecule has 1 aromatic carbocycles. The number of thioether (sulfide) groups is 1. The molecule has 1 unspecified atom stereocenters. The molecule has 0 aliphatic heterocycles. The van der Waals surface area contributed by atoms with E-state index in [1.165, 1.54) is 11.8 Å². The van der Waals surface area contributed by atoms with Gasteiger partial charge >= 0.3 is 5.97 Å². The Kier molecular flexibility index (Phi) is 5.78. The van der Waals surface area contributed by atoms with E-state index in [4.69, 9.17) is 4.74 Å². The topological polar surface area (TPSA) is 38.7 Å². The van der Waals surface area contributed by atoms with Crippen molar-refractivity contribution in [3.05, 3.63) is 30.3 Å². The van der Waals surface area contributed by atoms with Crippen molar-refractivity contribution in [3.63, 3.8) is 0 Å². The molecule has 0 aliphatic carbocycles. The number of rotatable bonds is 5. The summed E-state index contributed by atoms with van der Waals surface area (Å²) in [4.78, 5) is 16.2. The Labute approximate surface area is 104 Å². The van der Waals surface area contributed by atoms with Gasteiger partial charge in [-0.05, 0) is 31.3 Å². The first-order valence-electron chi connectivity index (χ1n) is 4.73. The lowest BCUT2D eigenvalue weighted by atomic mass is 10.4. The highest BCUT2D eigenvalue weighted by molar-refractivity contribution is 8.00. The van der Waals surface area contributed by atoms with Gasteiger partial charge in [0.05, 0.1) is 11.8 Å². The first-order valence-corrected chi connectivity index (χ1v) is 6.02. The predicted octanol–water partition coefficient (Wildman–Crippen LogP) is 2.77. The number of carbonyl (C=O) groups is 1. The van der Waals surface area contributed by atoms with Gasteiger partial charge in [0.15, 0.2) is 0 Å². The zero-order valence-corrected chi connectivity index (χ0v) is 10.4. The van der Waals surface area contributed by atoms with Crippen LogP contribution in [0.1, 0.15) is 6.92 Å². The van der Waals surface area contributed by atoms with E-state index in [1.807, 2.05) is 30.3 Å². The van der Waals surface area contributed by atoms with Crippen molar-refractivity contribution in [1.29, 1.82) is 0 Å². The standard InChI is InChI=1S/C11H11NO2S2/c1-2-14-11(13)10(12-8-15)16-9-6-4-3-5-7-9/h3-7,10H,2H2,1H3. The highest BCUT2D eigenvalue weighted by Gasteiger charge is 2.19. The molecule has 5 heteroatoms. The predicted molar refractivity (Wildman–Crippen MR) is 67.7 cm³/mol. The fourth-order valence-electron chi connectivity index (χ4n) is 1.02. The fourth-order valence-corrected chi connectivity index (χ4v) is 2.03. The average Bonchev–Trinajstić information content (AvgIpc) is 2.30. The molecule has 0 bridgehead atoms. The highest BCUT2D eigenvalue weighted by atomic mass is 32.2. The van der Waals surface area contributed by atoms with Gasteiger partial charge in [-0.3, -0.25) is 0 Å². The van der Waals surface area contributed by atoms with Gasteiger partial charge in [-0.15, -0.1) is 0 Å². The maximum atomic E-state index is 11.5. The third-order valence-corrected chi connectivity index (χ3v) is 2.82. The molecule has 84 valence electrons. The number of nitrogens with zero attached hydrogens (tertiary/aromatic N) is 1. The van der Waals surface area contributed by atoms with Gasteiger partial charge in [-0.25, -0.2) is 9.79 Å². The number of esters is 1. The van der Waals surface area contributed by atoms with E-state index in [0.717, 1.165) is 4.90 Å². The Morgan fingerprint density at radius 1 is 1.56 bits per heavy atom. The maximum Gasteiger partial charge on any atom is 0.342 e. The van der Waals surface area contributed by atoms with E-state index < -0.39 is 11.3 Å². The minimum absolute atomic E-state index is 0.331. The van der Waals surface area contributed by atoms with Crippen LogP contribution >= 0.6 is 24.0 Å². The van der Waals surface area contributed by atoms with Gasteiger partial charge in [-0.1, -0.05) is 30.0 Å². The lowest BCUT2D eigenvalue weighted by molar-refractivity contribution is -0.142. The van der Waals surface area contributed by atoms with Gasteiger partial charge < -0.3 is 4.74 Å². The molecule has 1 rings (SSSR count). The Morgan fingerprint density at radius 2 is 2.25 bits per heavy atom. The SMILES string of the molecule is CCOC(=O)C(N=C=S)Sc1ccccc1. The van der Waals surface area contributed by atoms with Crippen molar-refractivity contribution >= 4 is 35.1 Å². The second-order valence-corrected chi connectivity index (χ2v) is 4.09. The molecule has 0 aliphatic rings. The normalized spacial score (nSPS) is 11.3. The van der Waals surface area contributed by atoms with Crippen LogP contribution < -0.4 is 0 Å². The van der Waals surface area contributed by atoms with Crippen molar-refractivity contribution in [2.45, 2.75) is 17.2 Å². The molecule has 0 radical (unpaired) electrons. The van der Waals surface area contributed by atoms with Gasteiger partial charge in [0.25, 0.3) is 0 Å². The molecule has 0 amide bonds. The Bertz CT molecular complexity index is 388. The van der Waals surface area contributed by atoms with Crippen LogP contribution in [0, 0.1) is 0 Å². The number of carbonyl (C=O) groups excluding carboxylic acids is 1. The lowest BCUT2D eigenvalue weighted by Gasteiger charge is -2.09. The zero-order valence-electron chi connectivity index (χ0n) is 8.75. The van der Waals surface area contributed by atoms with E-state index >= 15 is 0 Å². The summed E-state index contributed by atoms with van der Waals surface area (Å²) in [5.74, 6) is -0.395. The Balaban J connectivity index is 2.72. The van der Waals surface area contributed by atoms with Gasteiger partial charge in [0.2, 0.25) is 5.37 Å². The number of ether oxygens (including phenoxy) is 1. The highest BCUT2D eigenvalue weighted by Crippen LogP contribution is 2.24. The molecule has 0 saturated carbocycles.